The fraction of sp³-hybridized carbons (Fsp3) is 0.176. The van der Waals surface area contributed by atoms with Crippen LogP contribution in [0, 0.1) is 0 Å². The predicted molar refractivity (Wildman–Crippen MR) is 87.9 cm³/mol. The number of fused-ring (bicyclic) bond motifs is 2. The maximum atomic E-state index is 12.2. The lowest BCUT2D eigenvalue weighted by molar-refractivity contribution is 0.0474. The molecule has 0 bridgehead atoms. The minimum absolute atomic E-state index is 0.135. The van der Waals surface area contributed by atoms with E-state index >= 15 is 0 Å². The average molecular weight is 355 g/mol. The van der Waals surface area contributed by atoms with Crippen molar-refractivity contribution in [2.45, 2.75) is 0 Å². The number of aromatic amines is 1. The Hall–Kier alpha value is -3.62. The van der Waals surface area contributed by atoms with Crippen molar-refractivity contribution in [1.29, 1.82) is 0 Å². The summed E-state index contributed by atoms with van der Waals surface area (Å²) in [6, 6.07) is 7.74. The molecule has 4 rings (SSSR count). The second-order valence-electron chi connectivity index (χ2n) is 5.53. The van der Waals surface area contributed by atoms with Gasteiger partial charge in [0.1, 0.15) is 13.2 Å². The molecule has 0 saturated heterocycles. The first-order chi connectivity index (χ1) is 12.6. The van der Waals surface area contributed by atoms with E-state index in [0.29, 0.717) is 35.9 Å². The van der Waals surface area contributed by atoms with Gasteiger partial charge >= 0.3 is 11.7 Å². The lowest BCUT2D eigenvalue weighted by Gasteiger charge is -2.18. The van der Waals surface area contributed by atoms with E-state index in [1.807, 2.05) is 0 Å². The third-order valence-electron chi connectivity index (χ3n) is 3.85. The van der Waals surface area contributed by atoms with E-state index in [9.17, 15) is 14.4 Å². The maximum absolute atomic E-state index is 12.2. The first-order valence-electron chi connectivity index (χ1n) is 7.78. The van der Waals surface area contributed by atoms with Crippen LogP contribution in [-0.4, -0.2) is 46.2 Å². The smallest absolute Gasteiger partial charge is 0.347 e. The second-order valence-corrected chi connectivity index (χ2v) is 5.53. The van der Waals surface area contributed by atoms with Gasteiger partial charge in [-0.05, 0) is 30.3 Å². The molecular formula is C17H13N3O6. The van der Waals surface area contributed by atoms with Gasteiger partial charge in [-0.25, -0.2) is 19.1 Å². The number of carbonyl (C=O) groups is 2. The topological polar surface area (TPSA) is 112 Å². The number of ether oxygens (including phenoxy) is 3. The van der Waals surface area contributed by atoms with Crippen molar-refractivity contribution >= 4 is 17.4 Å². The number of hydrogen-bond acceptors (Lipinski definition) is 7. The van der Waals surface area contributed by atoms with Crippen LogP contribution in [0.4, 0.5) is 0 Å². The Labute approximate surface area is 146 Å². The highest BCUT2D eigenvalue weighted by molar-refractivity contribution is 5.99. The first kappa shape index (κ1) is 15.9. The Balaban J connectivity index is 1.45. The van der Waals surface area contributed by atoms with Crippen molar-refractivity contribution < 1.29 is 23.8 Å². The van der Waals surface area contributed by atoms with Gasteiger partial charge < -0.3 is 14.2 Å². The zero-order valence-electron chi connectivity index (χ0n) is 13.4. The van der Waals surface area contributed by atoms with Gasteiger partial charge in [0, 0.05) is 11.8 Å². The summed E-state index contributed by atoms with van der Waals surface area (Å²) in [6.07, 6.45) is 1.30. The maximum Gasteiger partial charge on any atom is 0.347 e. The van der Waals surface area contributed by atoms with Crippen molar-refractivity contribution in [3.05, 3.63) is 58.1 Å². The molecule has 0 radical (unpaired) electrons. The summed E-state index contributed by atoms with van der Waals surface area (Å²) < 4.78 is 17.0. The molecule has 0 saturated carbocycles. The van der Waals surface area contributed by atoms with Crippen molar-refractivity contribution in [2.75, 3.05) is 19.8 Å². The molecule has 1 aliphatic heterocycles. The quantitative estimate of drug-likeness (QED) is 0.545. The van der Waals surface area contributed by atoms with Crippen molar-refractivity contribution in [3.63, 3.8) is 0 Å². The fourth-order valence-corrected chi connectivity index (χ4v) is 2.54. The summed E-state index contributed by atoms with van der Waals surface area (Å²) >= 11 is 0. The van der Waals surface area contributed by atoms with Crippen LogP contribution < -0.4 is 15.2 Å². The monoisotopic (exact) mass is 355 g/mol. The van der Waals surface area contributed by atoms with E-state index in [1.165, 1.54) is 22.7 Å². The molecule has 26 heavy (non-hydrogen) atoms. The van der Waals surface area contributed by atoms with E-state index in [4.69, 9.17) is 14.2 Å². The Morgan fingerprint density at radius 2 is 1.88 bits per heavy atom. The van der Waals surface area contributed by atoms with Gasteiger partial charge in [0.05, 0.1) is 5.56 Å². The highest BCUT2D eigenvalue weighted by atomic mass is 16.6. The molecule has 9 nitrogen and oxygen atoms in total. The average Bonchev–Trinajstić information content (AvgIpc) is 3.05. The number of rotatable bonds is 4. The van der Waals surface area contributed by atoms with Crippen molar-refractivity contribution in [3.8, 4) is 11.5 Å². The van der Waals surface area contributed by atoms with E-state index in [0.717, 1.165) is 0 Å². The summed E-state index contributed by atoms with van der Waals surface area (Å²) in [4.78, 5) is 35.9. The van der Waals surface area contributed by atoms with E-state index in [2.05, 4.69) is 10.2 Å². The second kappa shape index (κ2) is 6.36. The van der Waals surface area contributed by atoms with Gasteiger partial charge in [0.25, 0.3) is 0 Å². The lowest BCUT2D eigenvalue weighted by Crippen LogP contribution is -2.18. The van der Waals surface area contributed by atoms with Crippen LogP contribution in [0.2, 0.25) is 0 Å². The molecule has 0 fully saturated rings. The molecule has 1 aliphatic rings. The number of esters is 1. The van der Waals surface area contributed by atoms with Gasteiger partial charge in [-0.15, -0.1) is 0 Å². The number of carbonyl (C=O) groups excluding carboxylic acids is 2. The van der Waals surface area contributed by atoms with E-state index in [1.54, 1.807) is 18.2 Å². The number of H-pyrrole nitrogens is 1. The van der Waals surface area contributed by atoms with Gasteiger partial charge in [-0.1, -0.05) is 0 Å². The minimum Gasteiger partial charge on any atom is -0.486 e. The van der Waals surface area contributed by atoms with E-state index in [-0.39, 0.29) is 11.3 Å². The highest BCUT2D eigenvalue weighted by Crippen LogP contribution is 2.30. The molecule has 132 valence electrons. The van der Waals surface area contributed by atoms with Crippen LogP contribution in [0.25, 0.3) is 5.65 Å². The molecule has 0 atom stereocenters. The van der Waals surface area contributed by atoms with Crippen molar-refractivity contribution in [1.82, 2.24) is 14.6 Å². The molecule has 9 heteroatoms. The Morgan fingerprint density at radius 1 is 1.12 bits per heavy atom. The molecule has 0 aliphatic carbocycles. The van der Waals surface area contributed by atoms with Gasteiger partial charge in [0.15, 0.2) is 29.5 Å². The summed E-state index contributed by atoms with van der Waals surface area (Å²) in [7, 11) is 0. The third kappa shape index (κ3) is 2.90. The zero-order valence-corrected chi connectivity index (χ0v) is 13.4. The molecule has 2 aromatic heterocycles. The fourth-order valence-electron chi connectivity index (χ4n) is 2.54. The SMILES string of the molecule is O=C(COC(=O)c1ccc2n[nH]c(=O)n2c1)c1ccc2c(c1)OCCO2. The Kier molecular flexibility index (Phi) is 3.88. The van der Waals surface area contributed by atoms with Crippen molar-refractivity contribution in [2.24, 2.45) is 0 Å². The predicted octanol–water partition coefficient (Wildman–Crippen LogP) is 0.833. The number of pyridine rings is 1. The number of Topliss-reactive ketones (excluding diaryl/α,β-unsaturated/α-hetero) is 1. The number of nitrogens with one attached hydrogen (secondary N) is 1. The third-order valence-corrected chi connectivity index (χ3v) is 3.85. The van der Waals surface area contributed by atoms with Crippen LogP contribution in [0.15, 0.2) is 41.3 Å². The Morgan fingerprint density at radius 3 is 2.73 bits per heavy atom. The molecule has 3 heterocycles. The van der Waals surface area contributed by atoms with Crippen LogP contribution in [0.5, 0.6) is 11.5 Å². The normalized spacial score (nSPS) is 12.8. The molecule has 0 spiro atoms. The van der Waals surface area contributed by atoms with Gasteiger partial charge in [-0.2, -0.15) is 5.10 Å². The zero-order chi connectivity index (χ0) is 18.1. The molecule has 1 N–H and O–H groups in total. The highest BCUT2D eigenvalue weighted by Gasteiger charge is 2.17. The van der Waals surface area contributed by atoms with Crippen LogP contribution in [0.1, 0.15) is 20.7 Å². The lowest BCUT2D eigenvalue weighted by atomic mass is 10.1. The van der Waals surface area contributed by atoms with Gasteiger partial charge in [0.2, 0.25) is 0 Å². The number of hydrogen-bond donors (Lipinski definition) is 1. The summed E-state index contributed by atoms with van der Waals surface area (Å²) in [5.74, 6) is -0.0374. The number of benzene rings is 1. The molecule has 3 aromatic rings. The minimum atomic E-state index is -0.717. The molecule has 0 amide bonds. The summed E-state index contributed by atoms with van der Waals surface area (Å²) in [5.41, 5.74) is 0.389. The standard InChI is InChI=1S/C17H13N3O6/c21-12(10-1-3-13-14(7-10)25-6-5-24-13)9-26-16(22)11-2-4-15-18-19-17(23)20(15)8-11/h1-4,7-8H,5-6,9H2,(H,19,23). The van der Waals surface area contributed by atoms with Crippen LogP contribution >= 0.6 is 0 Å². The number of nitrogens with zero attached hydrogens (tertiary/aromatic N) is 2. The Bertz CT molecular complexity index is 1070. The van der Waals surface area contributed by atoms with E-state index < -0.39 is 18.3 Å². The summed E-state index contributed by atoms with van der Waals surface area (Å²) in [6.45, 7) is 0.439. The first-order valence-corrected chi connectivity index (χ1v) is 7.78. The molecule has 0 unspecified atom stereocenters. The van der Waals surface area contributed by atoms with Crippen LogP contribution in [-0.2, 0) is 4.74 Å². The number of aromatic nitrogens is 3. The van der Waals surface area contributed by atoms with Crippen LogP contribution in [0.3, 0.4) is 0 Å². The molecule has 1 aromatic carbocycles. The summed E-state index contributed by atoms with van der Waals surface area (Å²) in [5, 5.41) is 6.03. The largest absolute Gasteiger partial charge is 0.486 e. The molecular weight excluding hydrogens is 342 g/mol. The van der Waals surface area contributed by atoms with Gasteiger partial charge in [-0.3, -0.25) is 4.79 Å². The number of ketones is 1.